The monoisotopic (exact) mass is 343 g/mol. The fourth-order valence-electron chi connectivity index (χ4n) is 3.45. The normalized spacial score (nSPS) is 24.3. The Labute approximate surface area is 144 Å². The van der Waals surface area contributed by atoms with Crippen LogP contribution in [0.2, 0.25) is 0 Å². The maximum Gasteiger partial charge on any atom is 0.411 e. The zero-order valence-corrected chi connectivity index (χ0v) is 13.9. The van der Waals surface area contributed by atoms with E-state index in [0.717, 1.165) is 22.6 Å². The van der Waals surface area contributed by atoms with E-state index >= 15 is 0 Å². The van der Waals surface area contributed by atoms with E-state index in [2.05, 4.69) is 5.32 Å². The summed E-state index contributed by atoms with van der Waals surface area (Å²) in [4.78, 5) is 11.8. The first-order valence-corrected chi connectivity index (χ1v) is 9.23. The van der Waals surface area contributed by atoms with Crippen molar-refractivity contribution >= 4 is 23.5 Å². The number of carbonyl (C=O) groups is 1. The Morgan fingerprint density at radius 1 is 1.17 bits per heavy atom. The number of ether oxygens (including phenoxy) is 1. The first-order valence-electron chi connectivity index (χ1n) is 8.07. The molecule has 2 fully saturated rings. The molecule has 0 spiro atoms. The second-order valence-electron chi connectivity index (χ2n) is 6.31. The quantitative estimate of drug-likeness (QED) is 0.878. The first-order chi connectivity index (χ1) is 11.7. The van der Waals surface area contributed by atoms with E-state index in [1.165, 1.54) is 6.07 Å². The number of hydrogen-bond donors (Lipinski definition) is 1. The van der Waals surface area contributed by atoms with Gasteiger partial charge in [-0.25, -0.2) is 9.18 Å². The lowest BCUT2D eigenvalue weighted by Gasteiger charge is -2.10. The summed E-state index contributed by atoms with van der Waals surface area (Å²) < 4.78 is 19.5. The maximum absolute atomic E-state index is 14.4. The van der Waals surface area contributed by atoms with Gasteiger partial charge in [-0.2, -0.15) is 11.8 Å². The molecule has 124 valence electrons. The molecule has 3 atom stereocenters. The fraction of sp³-hybridized carbons (Fsp3) is 0.316. The Kier molecular flexibility index (Phi) is 4.19. The Morgan fingerprint density at radius 3 is 2.62 bits per heavy atom. The molecule has 0 radical (unpaired) electrons. The van der Waals surface area contributed by atoms with Crippen molar-refractivity contribution in [3.63, 3.8) is 0 Å². The molecular weight excluding hydrogens is 325 g/mol. The Balaban J connectivity index is 1.35. The second kappa shape index (κ2) is 6.48. The van der Waals surface area contributed by atoms with Crippen LogP contribution in [0.25, 0.3) is 0 Å². The van der Waals surface area contributed by atoms with Gasteiger partial charge in [0.15, 0.2) is 0 Å². The van der Waals surface area contributed by atoms with E-state index < -0.39 is 6.09 Å². The number of rotatable bonds is 4. The second-order valence-corrected chi connectivity index (χ2v) is 7.39. The molecule has 5 heteroatoms. The first kappa shape index (κ1) is 15.5. The zero-order valence-electron chi connectivity index (χ0n) is 13.1. The van der Waals surface area contributed by atoms with Crippen LogP contribution in [0.5, 0.6) is 0 Å². The van der Waals surface area contributed by atoms with Crippen molar-refractivity contribution in [2.24, 2.45) is 11.8 Å². The number of nitrogens with one attached hydrogen (secondary N) is 1. The van der Waals surface area contributed by atoms with Crippen LogP contribution in [0, 0.1) is 17.7 Å². The highest BCUT2D eigenvalue weighted by molar-refractivity contribution is 7.99. The summed E-state index contributed by atoms with van der Waals surface area (Å²) in [6.45, 7) is 0.191. The molecule has 1 aliphatic carbocycles. The average molecular weight is 343 g/mol. The van der Waals surface area contributed by atoms with Gasteiger partial charge in [-0.15, -0.1) is 0 Å². The van der Waals surface area contributed by atoms with E-state index in [4.69, 9.17) is 4.74 Å². The van der Waals surface area contributed by atoms with Gasteiger partial charge in [0.25, 0.3) is 0 Å². The van der Waals surface area contributed by atoms with Crippen molar-refractivity contribution in [1.29, 1.82) is 0 Å². The maximum atomic E-state index is 14.4. The topological polar surface area (TPSA) is 38.3 Å². The minimum atomic E-state index is -0.578. The SMILES string of the molecule is O=C(Nc1ccc([C@H]2[C@@H]3CSC[C@@H]32)c(F)c1)OCc1ccccc1. The molecule has 0 aromatic heterocycles. The van der Waals surface area contributed by atoms with Gasteiger partial charge < -0.3 is 4.74 Å². The van der Waals surface area contributed by atoms with Crippen LogP contribution in [0.4, 0.5) is 14.9 Å². The van der Waals surface area contributed by atoms with Crippen molar-refractivity contribution in [3.8, 4) is 0 Å². The van der Waals surface area contributed by atoms with Crippen LogP contribution in [0.1, 0.15) is 17.0 Å². The molecule has 2 aromatic carbocycles. The van der Waals surface area contributed by atoms with Gasteiger partial charge in [0.05, 0.1) is 0 Å². The van der Waals surface area contributed by atoms with Crippen LogP contribution >= 0.6 is 11.8 Å². The molecule has 0 unspecified atom stereocenters. The van der Waals surface area contributed by atoms with Crippen molar-refractivity contribution in [3.05, 3.63) is 65.5 Å². The largest absolute Gasteiger partial charge is 0.444 e. The molecular formula is C19H18FNO2S. The van der Waals surface area contributed by atoms with E-state index in [0.29, 0.717) is 23.4 Å². The van der Waals surface area contributed by atoms with Gasteiger partial charge in [0.1, 0.15) is 12.4 Å². The van der Waals surface area contributed by atoms with Gasteiger partial charge in [0, 0.05) is 5.69 Å². The zero-order chi connectivity index (χ0) is 16.5. The average Bonchev–Trinajstić information content (AvgIpc) is 3.05. The van der Waals surface area contributed by atoms with Gasteiger partial charge in [-0.05, 0) is 52.5 Å². The van der Waals surface area contributed by atoms with E-state index in [1.807, 2.05) is 42.1 Å². The number of anilines is 1. The van der Waals surface area contributed by atoms with Crippen molar-refractivity contribution in [1.82, 2.24) is 0 Å². The number of amides is 1. The minimum absolute atomic E-state index is 0.191. The highest BCUT2D eigenvalue weighted by Gasteiger charge is 2.54. The van der Waals surface area contributed by atoms with Crippen LogP contribution in [0.15, 0.2) is 48.5 Å². The fourth-order valence-corrected chi connectivity index (χ4v) is 5.04. The third kappa shape index (κ3) is 3.13. The molecule has 24 heavy (non-hydrogen) atoms. The molecule has 1 saturated carbocycles. The molecule has 1 saturated heterocycles. The summed E-state index contributed by atoms with van der Waals surface area (Å²) in [6.07, 6.45) is -0.578. The van der Waals surface area contributed by atoms with E-state index in [1.54, 1.807) is 12.1 Å². The minimum Gasteiger partial charge on any atom is -0.444 e. The molecule has 1 heterocycles. The lowest BCUT2D eigenvalue weighted by Crippen LogP contribution is -2.13. The standard InChI is InChI=1S/C19H18FNO2S/c20-17-8-13(6-7-14(17)18-15-10-24-11-16(15)18)21-19(22)23-9-12-4-2-1-3-5-12/h1-8,15-16,18H,9-11H2,(H,21,22)/t15-,16+,18+. The molecule has 2 aromatic rings. The van der Waals surface area contributed by atoms with Gasteiger partial charge in [0.2, 0.25) is 0 Å². The molecule has 0 bridgehead atoms. The van der Waals surface area contributed by atoms with Crippen LogP contribution in [-0.2, 0) is 11.3 Å². The summed E-state index contributed by atoms with van der Waals surface area (Å²) in [7, 11) is 0. The van der Waals surface area contributed by atoms with Crippen molar-refractivity contribution < 1.29 is 13.9 Å². The number of hydrogen-bond acceptors (Lipinski definition) is 3. The summed E-state index contributed by atoms with van der Waals surface area (Å²) in [6, 6.07) is 14.4. The number of fused-ring (bicyclic) bond motifs is 1. The number of benzene rings is 2. The number of halogens is 1. The summed E-state index contributed by atoms with van der Waals surface area (Å²) in [5.41, 5.74) is 2.12. The Bertz CT molecular complexity index is 742. The molecule has 4 rings (SSSR count). The van der Waals surface area contributed by atoms with Crippen LogP contribution in [0.3, 0.4) is 0 Å². The smallest absolute Gasteiger partial charge is 0.411 e. The number of thioether (sulfide) groups is 1. The lowest BCUT2D eigenvalue weighted by atomic mass is 10.1. The molecule has 3 nitrogen and oxygen atoms in total. The summed E-state index contributed by atoms with van der Waals surface area (Å²) in [5.74, 6) is 3.69. The van der Waals surface area contributed by atoms with Gasteiger partial charge in [-0.3, -0.25) is 5.32 Å². The van der Waals surface area contributed by atoms with Crippen LogP contribution < -0.4 is 5.32 Å². The third-order valence-electron chi connectivity index (χ3n) is 4.77. The van der Waals surface area contributed by atoms with E-state index in [9.17, 15) is 9.18 Å². The van der Waals surface area contributed by atoms with Crippen LogP contribution in [-0.4, -0.2) is 17.6 Å². The number of carbonyl (C=O) groups excluding carboxylic acids is 1. The third-order valence-corrected chi connectivity index (χ3v) is 6.01. The predicted molar refractivity (Wildman–Crippen MR) is 93.7 cm³/mol. The molecule has 2 aliphatic rings. The highest BCUT2D eigenvalue weighted by atomic mass is 32.2. The molecule has 1 N–H and O–H groups in total. The Hall–Kier alpha value is -2.01. The summed E-state index contributed by atoms with van der Waals surface area (Å²) >= 11 is 1.96. The molecule has 1 amide bonds. The summed E-state index contributed by atoms with van der Waals surface area (Å²) in [5, 5.41) is 2.58. The Morgan fingerprint density at radius 2 is 1.92 bits per heavy atom. The van der Waals surface area contributed by atoms with Crippen molar-refractivity contribution in [2.45, 2.75) is 12.5 Å². The van der Waals surface area contributed by atoms with Gasteiger partial charge >= 0.3 is 6.09 Å². The van der Waals surface area contributed by atoms with Gasteiger partial charge in [-0.1, -0.05) is 36.4 Å². The highest BCUT2D eigenvalue weighted by Crippen LogP contribution is 2.61. The lowest BCUT2D eigenvalue weighted by molar-refractivity contribution is 0.155. The van der Waals surface area contributed by atoms with E-state index in [-0.39, 0.29) is 12.4 Å². The van der Waals surface area contributed by atoms with Crippen molar-refractivity contribution in [2.75, 3.05) is 16.8 Å². The molecule has 1 aliphatic heterocycles. The predicted octanol–water partition coefficient (Wildman–Crippen LogP) is 4.65.